The average molecular weight is 530 g/mol. The minimum atomic E-state index is -0.275. The van der Waals surface area contributed by atoms with Crippen LogP contribution in [0.2, 0.25) is 5.02 Å². The number of carbonyl (C=O) groups excluding carboxylic acids is 1. The standard InChI is InChI=1S/C21H25ClIN3O3/c1-28-19-12-18(24)17(22)11-16(19)21(27)25-13-14-4-6-15(7-5-14)29-10-9-26-8-2-3-20(26)23/h4-7,11-12,20H,2-3,8-10,13,24H2,1H3,(H,25,27). The van der Waals surface area contributed by atoms with Gasteiger partial charge in [-0.1, -0.05) is 46.3 Å². The second-order valence-corrected chi connectivity index (χ2v) is 8.71. The van der Waals surface area contributed by atoms with Gasteiger partial charge in [-0.05, 0) is 43.1 Å². The van der Waals surface area contributed by atoms with E-state index in [9.17, 15) is 4.79 Å². The number of likely N-dealkylation sites (tertiary alicyclic amines) is 1. The van der Waals surface area contributed by atoms with Gasteiger partial charge in [0.15, 0.2) is 0 Å². The van der Waals surface area contributed by atoms with Crippen molar-refractivity contribution in [3.8, 4) is 11.5 Å². The van der Waals surface area contributed by atoms with Gasteiger partial charge in [0.25, 0.3) is 5.91 Å². The molecule has 1 unspecified atom stereocenters. The summed E-state index contributed by atoms with van der Waals surface area (Å²) in [5.41, 5.74) is 7.45. The van der Waals surface area contributed by atoms with Gasteiger partial charge in [-0.3, -0.25) is 9.69 Å². The molecule has 2 aromatic carbocycles. The highest BCUT2D eigenvalue weighted by Crippen LogP contribution is 2.29. The summed E-state index contributed by atoms with van der Waals surface area (Å²) in [4.78, 5) is 14.9. The zero-order chi connectivity index (χ0) is 20.8. The fourth-order valence-corrected chi connectivity index (χ4v) is 4.38. The zero-order valence-electron chi connectivity index (χ0n) is 16.3. The van der Waals surface area contributed by atoms with Crippen molar-refractivity contribution in [3.05, 3.63) is 52.5 Å². The number of methoxy groups -OCH3 is 1. The molecule has 0 aromatic heterocycles. The van der Waals surface area contributed by atoms with Crippen LogP contribution in [-0.2, 0) is 6.54 Å². The number of alkyl halides is 1. The molecule has 8 heteroatoms. The molecule has 1 aliphatic rings. The minimum absolute atomic E-state index is 0.275. The maximum atomic E-state index is 12.5. The van der Waals surface area contributed by atoms with Gasteiger partial charge in [0.05, 0.1) is 27.4 Å². The minimum Gasteiger partial charge on any atom is -0.496 e. The second kappa shape index (κ2) is 10.4. The summed E-state index contributed by atoms with van der Waals surface area (Å²) >= 11 is 8.53. The maximum absolute atomic E-state index is 12.5. The third-order valence-corrected chi connectivity index (χ3v) is 6.61. The molecule has 0 aliphatic carbocycles. The van der Waals surface area contributed by atoms with Crippen LogP contribution in [0.1, 0.15) is 28.8 Å². The van der Waals surface area contributed by atoms with Crippen molar-refractivity contribution < 1.29 is 14.3 Å². The predicted octanol–water partition coefficient (Wildman–Crippen LogP) is 4.10. The van der Waals surface area contributed by atoms with E-state index >= 15 is 0 Å². The number of anilines is 1. The Kier molecular flexibility index (Phi) is 7.85. The Morgan fingerprint density at radius 2 is 2.10 bits per heavy atom. The van der Waals surface area contributed by atoms with Crippen molar-refractivity contribution in [2.45, 2.75) is 23.4 Å². The van der Waals surface area contributed by atoms with Crippen molar-refractivity contribution in [1.82, 2.24) is 10.2 Å². The quantitative estimate of drug-likeness (QED) is 0.233. The first-order chi connectivity index (χ1) is 14.0. The number of carbonyl (C=O) groups is 1. The number of nitrogens with two attached hydrogens (primary N) is 1. The van der Waals surface area contributed by atoms with Gasteiger partial charge in [0.1, 0.15) is 18.1 Å². The average Bonchev–Trinajstić information content (AvgIpc) is 3.13. The highest BCUT2D eigenvalue weighted by atomic mass is 127. The fourth-order valence-electron chi connectivity index (χ4n) is 3.21. The van der Waals surface area contributed by atoms with Crippen LogP contribution in [0.5, 0.6) is 11.5 Å². The third-order valence-electron chi connectivity index (χ3n) is 4.87. The number of benzene rings is 2. The second-order valence-electron chi connectivity index (χ2n) is 6.86. The lowest BCUT2D eigenvalue weighted by Gasteiger charge is -2.19. The Labute approximate surface area is 189 Å². The molecular formula is C21H25ClIN3O3. The zero-order valence-corrected chi connectivity index (χ0v) is 19.2. The normalized spacial score (nSPS) is 16.6. The molecule has 2 aromatic rings. The van der Waals surface area contributed by atoms with Crippen LogP contribution in [0.3, 0.4) is 0 Å². The van der Waals surface area contributed by atoms with E-state index in [0.29, 0.717) is 39.2 Å². The SMILES string of the molecule is COc1cc(N)c(Cl)cc1C(=O)NCc1ccc(OCCN2CCCC2I)cc1. The third kappa shape index (κ3) is 5.90. The first-order valence-corrected chi connectivity index (χ1v) is 11.1. The molecule has 0 bridgehead atoms. The molecule has 29 heavy (non-hydrogen) atoms. The van der Waals surface area contributed by atoms with E-state index < -0.39 is 0 Å². The summed E-state index contributed by atoms with van der Waals surface area (Å²) in [6.45, 7) is 3.15. The maximum Gasteiger partial charge on any atom is 0.255 e. The summed E-state index contributed by atoms with van der Waals surface area (Å²) in [6.07, 6.45) is 2.53. The van der Waals surface area contributed by atoms with Crippen molar-refractivity contribution in [1.29, 1.82) is 0 Å². The van der Waals surface area contributed by atoms with Gasteiger partial charge >= 0.3 is 0 Å². The van der Waals surface area contributed by atoms with Crippen molar-refractivity contribution in [3.63, 3.8) is 0 Å². The fraction of sp³-hybridized carbons (Fsp3) is 0.381. The topological polar surface area (TPSA) is 76.8 Å². The van der Waals surface area contributed by atoms with Gasteiger partial charge in [0, 0.05) is 19.2 Å². The van der Waals surface area contributed by atoms with Crippen LogP contribution < -0.4 is 20.5 Å². The highest BCUT2D eigenvalue weighted by Gasteiger charge is 2.21. The van der Waals surface area contributed by atoms with Gasteiger partial charge in [-0.25, -0.2) is 0 Å². The van der Waals surface area contributed by atoms with Crippen LogP contribution in [0, 0.1) is 0 Å². The molecular weight excluding hydrogens is 505 g/mol. The monoisotopic (exact) mass is 529 g/mol. The smallest absolute Gasteiger partial charge is 0.255 e. The Morgan fingerprint density at radius 1 is 1.34 bits per heavy atom. The predicted molar refractivity (Wildman–Crippen MR) is 124 cm³/mol. The van der Waals surface area contributed by atoms with Crippen LogP contribution in [0.25, 0.3) is 0 Å². The molecule has 1 aliphatic heterocycles. The van der Waals surface area contributed by atoms with Crippen LogP contribution in [0.15, 0.2) is 36.4 Å². The number of nitrogens with zero attached hydrogens (tertiary/aromatic N) is 1. The first kappa shape index (κ1) is 22.0. The summed E-state index contributed by atoms with van der Waals surface area (Å²) in [5.74, 6) is 0.944. The summed E-state index contributed by atoms with van der Waals surface area (Å²) in [5, 5.41) is 3.19. The van der Waals surface area contributed by atoms with Gasteiger partial charge in [-0.15, -0.1) is 0 Å². The number of nitrogens with one attached hydrogen (secondary N) is 1. The van der Waals surface area contributed by atoms with E-state index in [2.05, 4.69) is 32.8 Å². The molecule has 0 spiro atoms. The lowest BCUT2D eigenvalue weighted by atomic mass is 10.1. The molecule has 6 nitrogen and oxygen atoms in total. The Hall–Kier alpha value is -1.71. The van der Waals surface area contributed by atoms with E-state index in [1.54, 1.807) is 6.07 Å². The van der Waals surface area contributed by atoms with Gasteiger partial charge < -0.3 is 20.5 Å². The number of ether oxygens (including phenoxy) is 2. The molecule has 3 rings (SSSR count). The number of hydrogen-bond donors (Lipinski definition) is 2. The van der Waals surface area contributed by atoms with Crippen molar-refractivity contribution >= 4 is 45.8 Å². The molecule has 156 valence electrons. The molecule has 1 amide bonds. The lowest BCUT2D eigenvalue weighted by molar-refractivity contribution is 0.0948. The number of amides is 1. The van der Waals surface area contributed by atoms with Crippen LogP contribution in [-0.4, -0.2) is 41.7 Å². The number of nitrogen functional groups attached to an aromatic ring is 1. The summed E-state index contributed by atoms with van der Waals surface area (Å²) < 4.78 is 11.7. The van der Waals surface area contributed by atoms with E-state index in [0.717, 1.165) is 24.4 Å². The summed E-state index contributed by atoms with van der Waals surface area (Å²) in [7, 11) is 1.49. The largest absolute Gasteiger partial charge is 0.496 e. The highest BCUT2D eigenvalue weighted by molar-refractivity contribution is 14.1. The number of hydrogen-bond acceptors (Lipinski definition) is 5. The van der Waals surface area contributed by atoms with Crippen LogP contribution in [0.4, 0.5) is 5.69 Å². The summed E-state index contributed by atoms with van der Waals surface area (Å²) in [6, 6.07) is 10.8. The molecule has 0 saturated carbocycles. The van der Waals surface area contributed by atoms with E-state index in [-0.39, 0.29) is 5.91 Å². The Bertz CT molecular complexity index is 848. The van der Waals surface area contributed by atoms with Crippen molar-refractivity contribution in [2.75, 3.05) is 32.5 Å². The van der Waals surface area contributed by atoms with E-state index in [1.165, 1.54) is 26.0 Å². The van der Waals surface area contributed by atoms with Crippen molar-refractivity contribution in [2.24, 2.45) is 0 Å². The molecule has 0 radical (unpaired) electrons. The van der Waals surface area contributed by atoms with E-state index in [4.69, 9.17) is 26.8 Å². The van der Waals surface area contributed by atoms with Crippen LogP contribution >= 0.6 is 34.2 Å². The van der Waals surface area contributed by atoms with E-state index in [1.807, 2.05) is 24.3 Å². The Morgan fingerprint density at radius 3 is 2.76 bits per heavy atom. The van der Waals surface area contributed by atoms with Gasteiger partial charge in [-0.2, -0.15) is 0 Å². The molecule has 1 heterocycles. The Balaban J connectivity index is 1.50. The molecule has 1 saturated heterocycles. The lowest BCUT2D eigenvalue weighted by Crippen LogP contribution is -2.29. The number of rotatable bonds is 8. The first-order valence-electron chi connectivity index (χ1n) is 9.49. The van der Waals surface area contributed by atoms with Gasteiger partial charge in [0.2, 0.25) is 0 Å². The number of halogens is 2. The molecule has 1 fully saturated rings. The molecule has 3 N–H and O–H groups in total. The molecule has 1 atom stereocenters.